The zero-order valence-corrected chi connectivity index (χ0v) is 21.7. The molecule has 1 aromatic rings. The van der Waals surface area contributed by atoms with Gasteiger partial charge in [-0.2, -0.15) is 0 Å². The summed E-state index contributed by atoms with van der Waals surface area (Å²) >= 11 is 0. The molecule has 0 saturated carbocycles. The Morgan fingerprint density at radius 1 is 0.727 bits per heavy atom. The molecule has 0 amide bonds. The fraction of sp³-hybridized carbons (Fsp3) is 0.733. The minimum Gasteiger partial charge on any atom is -0.494 e. The van der Waals surface area contributed by atoms with Crippen LogP contribution in [0.3, 0.4) is 0 Å². The summed E-state index contributed by atoms with van der Waals surface area (Å²) in [5.41, 5.74) is 1.34. The number of rotatable bonds is 20. The summed E-state index contributed by atoms with van der Waals surface area (Å²) in [4.78, 5) is 5.19. The Bertz CT molecular complexity index is 577. The van der Waals surface area contributed by atoms with Crippen molar-refractivity contribution in [3.8, 4) is 5.75 Å². The number of anilines is 1. The molecular formula is C30H52N2O. The molecule has 3 nitrogen and oxygen atoms in total. The number of piperazine rings is 1. The van der Waals surface area contributed by atoms with Crippen LogP contribution < -0.4 is 9.64 Å². The van der Waals surface area contributed by atoms with Crippen LogP contribution in [0.25, 0.3) is 0 Å². The van der Waals surface area contributed by atoms with Crippen molar-refractivity contribution < 1.29 is 4.74 Å². The largest absolute Gasteiger partial charge is 0.494 e. The summed E-state index contributed by atoms with van der Waals surface area (Å²) in [5.74, 6) is 1.00. The molecule has 1 fully saturated rings. The van der Waals surface area contributed by atoms with E-state index < -0.39 is 0 Å². The van der Waals surface area contributed by atoms with Gasteiger partial charge in [-0.25, -0.2) is 0 Å². The van der Waals surface area contributed by atoms with Crippen LogP contribution in [0, 0.1) is 0 Å². The van der Waals surface area contributed by atoms with Crippen LogP contribution in [0.2, 0.25) is 0 Å². The third kappa shape index (κ3) is 13.1. The van der Waals surface area contributed by atoms with Gasteiger partial charge in [0.1, 0.15) is 5.75 Å². The number of nitrogens with zero attached hydrogens (tertiary/aromatic N) is 2. The van der Waals surface area contributed by atoms with Crippen LogP contribution in [-0.2, 0) is 0 Å². The van der Waals surface area contributed by atoms with Crippen molar-refractivity contribution in [1.82, 2.24) is 4.90 Å². The molecule has 2 rings (SSSR count). The third-order valence-corrected chi connectivity index (χ3v) is 6.97. The first-order chi connectivity index (χ1) is 16.3. The predicted molar refractivity (Wildman–Crippen MR) is 146 cm³/mol. The van der Waals surface area contributed by atoms with Crippen molar-refractivity contribution in [3.05, 3.63) is 36.9 Å². The lowest BCUT2D eigenvalue weighted by molar-refractivity contribution is 0.252. The smallest absolute Gasteiger partial charge is 0.119 e. The molecule has 0 aromatic heterocycles. The molecule has 188 valence electrons. The first-order valence-corrected chi connectivity index (χ1v) is 14.1. The Morgan fingerprint density at radius 3 is 1.94 bits per heavy atom. The summed E-state index contributed by atoms with van der Waals surface area (Å²) in [6, 6.07) is 8.75. The summed E-state index contributed by atoms with van der Waals surface area (Å²) in [7, 11) is 0. The number of hydrogen-bond acceptors (Lipinski definition) is 3. The Balaban J connectivity index is 1.48. The topological polar surface area (TPSA) is 15.7 Å². The number of benzene rings is 1. The second-order valence-corrected chi connectivity index (χ2v) is 9.84. The highest BCUT2D eigenvalue weighted by molar-refractivity contribution is 5.49. The molecule has 0 atom stereocenters. The molecule has 0 aliphatic carbocycles. The maximum Gasteiger partial charge on any atom is 0.119 e. The molecule has 33 heavy (non-hydrogen) atoms. The molecule has 0 unspecified atom stereocenters. The molecule has 1 aliphatic heterocycles. The average Bonchev–Trinajstić information content (AvgIpc) is 2.85. The van der Waals surface area contributed by atoms with Gasteiger partial charge in [-0.15, -0.1) is 6.58 Å². The summed E-state index contributed by atoms with van der Waals surface area (Å²) in [5, 5.41) is 0. The molecule has 1 heterocycles. The van der Waals surface area contributed by atoms with E-state index in [1.165, 1.54) is 109 Å². The number of allylic oxidation sites excluding steroid dienone is 1. The van der Waals surface area contributed by atoms with Gasteiger partial charge < -0.3 is 9.64 Å². The second kappa shape index (κ2) is 18.9. The standard InChI is InChI=1S/C30H52N2O/c1-3-5-7-9-11-12-13-14-15-17-23-31-24-26-32(27-25-31)29-19-21-30(22-20-29)33-28-18-16-10-8-6-4-2/h4,19-22H,2-3,5-18,23-28H2,1H3. The molecule has 0 spiro atoms. The monoisotopic (exact) mass is 456 g/mol. The van der Waals surface area contributed by atoms with E-state index in [4.69, 9.17) is 4.74 Å². The van der Waals surface area contributed by atoms with Gasteiger partial charge in [0.15, 0.2) is 0 Å². The van der Waals surface area contributed by atoms with Crippen LogP contribution in [0.4, 0.5) is 5.69 Å². The highest BCUT2D eigenvalue weighted by Crippen LogP contribution is 2.21. The molecule has 1 aromatic carbocycles. The second-order valence-electron chi connectivity index (χ2n) is 9.84. The molecule has 0 N–H and O–H groups in total. The lowest BCUT2D eigenvalue weighted by Crippen LogP contribution is -2.46. The fourth-order valence-electron chi connectivity index (χ4n) is 4.74. The predicted octanol–water partition coefficient (Wildman–Crippen LogP) is 8.24. The SMILES string of the molecule is C=CCCCCCCOc1ccc(N2CCN(CCCCCCCCCCCC)CC2)cc1. The van der Waals surface area contributed by atoms with Gasteiger partial charge in [0.05, 0.1) is 6.61 Å². The Morgan fingerprint density at radius 2 is 1.30 bits per heavy atom. The van der Waals surface area contributed by atoms with Gasteiger partial charge >= 0.3 is 0 Å². The van der Waals surface area contributed by atoms with E-state index in [-0.39, 0.29) is 0 Å². The quantitative estimate of drug-likeness (QED) is 0.145. The van der Waals surface area contributed by atoms with E-state index in [9.17, 15) is 0 Å². The van der Waals surface area contributed by atoms with Crippen LogP contribution in [-0.4, -0.2) is 44.2 Å². The van der Waals surface area contributed by atoms with Gasteiger partial charge in [0, 0.05) is 31.9 Å². The number of hydrogen-bond donors (Lipinski definition) is 0. The van der Waals surface area contributed by atoms with E-state index >= 15 is 0 Å². The zero-order chi connectivity index (χ0) is 23.4. The van der Waals surface area contributed by atoms with E-state index in [1.807, 2.05) is 6.08 Å². The zero-order valence-electron chi connectivity index (χ0n) is 21.7. The van der Waals surface area contributed by atoms with Gasteiger partial charge in [-0.1, -0.05) is 83.6 Å². The highest BCUT2D eigenvalue weighted by Gasteiger charge is 2.16. The van der Waals surface area contributed by atoms with E-state index in [0.717, 1.165) is 38.3 Å². The Labute approximate surface area is 205 Å². The summed E-state index contributed by atoms with van der Waals surface area (Å²) in [6.07, 6.45) is 22.3. The molecular weight excluding hydrogens is 404 g/mol. The molecule has 3 heteroatoms. The maximum atomic E-state index is 5.93. The summed E-state index contributed by atoms with van der Waals surface area (Å²) < 4.78 is 5.93. The van der Waals surface area contributed by atoms with Crippen molar-refractivity contribution in [2.45, 2.75) is 103 Å². The highest BCUT2D eigenvalue weighted by atomic mass is 16.5. The lowest BCUT2D eigenvalue weighted by atomic mass is 10.1. The van der Waals surface area contributed by atoms with Crippen LogP contribution >= 0.6 is 0 Å². The average molecular weight is 457 g/mol. The van der Waals surface area contributed by atoms with E-state index in [2.05, 4.69) is 47.6 Å². The first kappa shape index (κ1) is 27.8. The van der Waals surface area contributed by atoms with Gasteiger partial charge in [0.2, 0.25) is 0 Å². The van der Waals surface area contributed by atoms with Crippen LogP contribution in [0.1, 0.15) is 103 Å². The molecule has 1 saturated heterocycles. The lowest BCUT2D eigenvalue weighted by Gasteiger charge is -2.36. The number of unbranched alkanes of at least 4 members (excludes halogenated alkanes) is 13. The van der Waals surface area contributed by atoms with Gasteiger partial charge in [-0.3, -0.25) is 4.90 Å². The Kier molecular flexibility index (Phi) is 15.9. The minimum atomic E-state index is 0.824. The van der Waals surface area contributed by atoms with Crippen molar-refractivity contribution in [2.75, 3.05) is 44.2 Å². The first-order valence-electron chi connectivity index (χ1n) is 14.1. The van der Waals surface area contributed by atoms with Crippen molar-refractivity contribution in [2.24, 2.45) is 0 Å². The van der Waals surface area contributed by atoms with Gasteiger partial charge in [0.25, 0.3) is 0 Å². The third-order valence-electron chi connectivity index (χ3n) is 6.97. The van der Waals surface area contributed by atoms with Gasteiger partial charge in [-0.05, 0) is 56.5 Å². The molecule has 1 aliphatic rings. The molecule has 0 radical (unpaired) electrons. The fourth-order valence-corrected chi connectivity index (χ4v) is 4.74. The van der Waals surface area contributed by atoms with Crippen LogP contribution in [0.15, 0.2) is 36.9 Å². The number of ether oxygens (including phenoxy) is 1. The summed E-state index contributed by atoms with van der Waals surface area (Å²) in [6.45, 7) is 12.9. The van der Waals surface area contributed by atoms with Crippen molar-refractivity contribution in [3.63, 3.8) is 0 Å². The maximum absolute atomic E-state index is 5.93. The normalized spacial score (nSPS) is 14.5. The molecule has 0 bridgehead atoms. The van der Waals surface area contributed by atoms with E-state index in [1.54, 1.807) is 0 Å². The minimum absolute atomic E-state index is 0.824. The van der Waals surface area contributed by atoms with Crippen LogP contribution in [0.5, 0.6) is 5.75 Å². The van der Waals surface area contributed by atoms with E-state index in [0.29, 0.717) is 0 Å². The van der Waals surface area contributed by atoms with Crippen molar-refractivity contribution >= 4 is 5.69 Å². The van der Waals surface area contributed by atoms with Crippen molar-refractivity contribution in [1.29, 1.82) is 0 Å². The Hall–Kier alpha value is -1.48.